The summed E-state index contributed by atoms with van der Waals surface area (Å²) < 4.78 is 4.32. The zero-order chi connectivity index (χ0) is 7.11. The van der Waals surface area contributed by atoms with Crippen molar-refractivity contribution in [1.29, 1.82) is 0 Å². The van der Waals surface area contributed by atoms with Gasteiger partial charge in [-0.25, -0.2) is 4.79 Å². The first-order valence-electron chi connectivity index (χ1n) is 2.80. The van der Waals surface area contributed by atoms with E-state index in [1.807, 2.05) is 6.92 Å². The van der Waals surface area contributed by atoms with Gasteiger partial charge in [0.25, 0.3) is 0 Å². The predicted octanol–water partition coefficient (Wildman–Crippen LogP) is 1.28. The standard InChI is InChI=1S/C7H10O2/c1-3-4-5-6-7(8)9-2/h4,6H,3H2,1-2H3. The molecule has 0 aliphatic heterocycles. The fourth-order valence-electron chi connectivity index (χ4n) is 0.304. The molecule has 0 aliphatic carbocycles. The Bertz CT molecular complexity index is 141. The number of carbonyl (C=O) groups is 1. The molecule has 0 radical (unpaired) electrons. The topological polar surface area (TPSA) is 26.3 Å². The number of hydrogen-bond acceptors (Lipinski definition) is 2. The van der Waals surface area contributed by atoms with Crippen LogP contribution >= 0.6 is 0 Å². The van der Waals surface area contributed by atoms with Crippen LogP contribution in [-0.2, 0) is 9.53 Å². The molecule has 0 N–H and O–H groups in total. The van der Waals surface area contributed by atoms with Gasteiger partial charge in [-0.3, -0.25) is 0 Å². The number of hydrogen-bond donors (Lipinski definition) is 0. The number of carbonyl (C=O) groups excluding carboxylic acids is 1. The van der Waals surface area contributed by atoms with Gasteiger partial charge >= 0.3 is 5.97 Å². The van der Waals surface area contributed by atoms with Crippen molar-refractivity contribution in [1.82, 2.24) is 0 Å². The minimum Gasteiger partial charge on any atom is -0.465 e. The zero-order valence-corrected chi connectivity index (χ0v) is 5.68. The minimum atomic E-state index is -0.361. The van der Waals surface area contributed by atoms with Crippen LogP contribution in [0.15, 0.2) is 17.9 Å². The lowest BCUT2D eigenvalue weighted by Crippen LogP contribution is -1.91. The van der Waals surface area contributed by atoms with Gasteiger partial charge < -0.3 is 4.74 Å². The van der Waals surface area contributed by atoms with Gasteiger partial charge in [-0.15, -0.1) is 5.73 Å². The Balaban J connectivity index is 3.69. The molecule has 0 fully saturated rings. The molecule has 0 heterocycles. The van der Waals surface area contributed by atoms with Gasteiger partial charge in [-0.1, -0.05) is 6.92 Å². The summed E-state index contributed by atoms with van der Waals surface area (Å²) >= 11 is 0. The van der Waals surface area contributed by atoms with Crippen molar-refractivity contribution in [3.63, 3.8) is 0 Å². The average molecular weight is 126 g/mol. The third-order valence-electron chi connectivity index (χ3n) is 0.724. The van der Waals surface area contributed by atoms with Gasteiger partial charge in [0.1, 0.15) is 0 Å². The molecule has 0 saturated heterocycles. The predicted molar refractivity (Wildman–Crippen MR) is 35.0 cm³/mol. The highest BCUT2D eigenvalue weighted by molar-refractivity contribution is 5.81. The van der Waals surface area contributed by atoms with E-state index in [0.717, 1.165) is 6.42 Å². The second kappa shape index (κ2) is 5.13. The van der Waals surface area contributed by atoms with Crippen LogP contribution in [0.2, 0.25) is 0 Å². The molecule has 50 valence electrons. The molecule has 0 spiro atoms. The summed E-state index contributed by atoms with van der Waals surface area (Å²) in [5.41, 5.74) is 2.66. The van der Waals surface area contributed by atoms with Crippen molar-refractivity contribution in [2.45, 2.75) is 13.3 Å². The Hall–Kier alpha value is -1.01. The van der Waals surface area contributed by atoms with Crippen molar-refractivity contribution >= 4 is 5.97 Å². The van der Waals surface area contributed by atoms with Gasteiger partial charge in [-0.2, -0.15) is 0 Å². The summed E-state index contributed by atoms with van der Waals surface area (Å²) in [6.45, 7) is 1.97. The average Bonchev–Trinajstić information content (AvgIpc) is 1.89. The van der Waals surface area contributed by atoms with Crippen LogP contribution in [-0.4, -0.2) is 13.1 Å². The summed E-state index contributed by atoms with van der Waals surface area (Å²) in [5, 5.41) is 0. The molecular weight excluding hydrogens is 116 g/mol. The highest BCUT2D eigenvalue weighted by Crippen LogP contribution is 1.77. The van der Waals surface area contributed by atoms with Crippen molar-refractivity contribution in [3.8, 4) is 0 Å². The molecule has 0 amide bonds. The lowest BCUT2D eigenvalue weighted by molar-refractivity contribution is -0.134. The van der Waals surface area contributed by atoms with E-state index in [9.17, 15) is 4.79 Å². The van der Waals surface area contributed by atoms with Crippen LogP contribution in [0.4, 0.5) is 0 Å². The fourth-order valence-corrected chi connectivity index (χ4v) is 0.304. The van der Waals surface area contributed by atoms with Gasteiger partial charge in [0, 0.05) is 0 Å². The number of rotatable bonds is 2. The summed E-state index contributed by atoms with van der Waals surface area (Å²) in [4.78, 5) is 10.3. The van der Waals surface area contributed by atoms with Gasteiger partial charge in [0.2, 0.25) is 0 Å². The Kier molecular flexibility index (Phi) is 4.56. The monoisotopic (exact) mass is 126 g/mol. The first-order chi connectivity index (χ1) is 4.31. The summed E-state index contributed by atoms with van der Waals surface area (Å²) in [6.07, 6.45) is 3.91. The smallest absolute Gasteiger partial charge is 0.338 e. The maximum Gasteiger partial charge on any atom is 0.338 e. The van der Waals surface area contributed by atoms with Gasteiger partial charge in [0.05, 0.1) is 13.2 Å². The van der Waals surface area contributed by atoms with E-state index < -0.39 is 0 Å². The van der Waals surface area contributed by atoms with E-state index in [1.54, 1.807) is 6.08 Å². The van der Waals surface area contributed by atoms with E-state index >= 15 is 0 Å². The largest absolute Gasteiger partial charge is 0.465 e. The second-order valence-corrected chi connectivity index (χ2v) is 1.45. The van der Waals surface area contributed by atoms with Gasteiger partial charge in [0.15, 0.2) is 0 Å². The number of esters is 1. The maximum atomic E-state index is 10.3. The maximum absolute atomic E-state index is 10.3. The third-order valence-corrected chi connectivity index (χ3v) is 0.724. The molecule has 0 aromatic heterocycles. The summed E-state index contributed by atoms with van der Waals surface area (Å²) in [6, 6.07) is 0. The minimum absolute atomic E-state index is 0.361. The molecule has 0 bridgehead atoms. The molecule has 0 aliphatic rings. The SMILES string of the molecule is CCC=C=CC(=O)OC. The Morgan fingerprint density at radius 3 is 2.89 bits per heavy atom. The van der Waals surface area contributed by atoms with E-state index in [2.05, 4.69) is 10.5 Å². The first kappa shape index (κ1) is 7.99. The van der Waals surface area contributed by atoms with Crippen molar-refractivity contribution in [3.05, 3.63) is 17.9 Å². The normalized spacial score (nSPS) is 7.33. The van der Waals surface area contributed by atoms with E-state index in [4.69, 9.17) is 0 Å². The molecule has 0 aromatic carbocycles. The van der Waals surface area contributed by atoms with Crippen LogP contribution in [0, 0.1) is 0 Å². The molecule has 2 heteroatoms. The van der Waals surface area contributed by atoms with Gasteiger partial charge in [-0.05, 0) is 12.5 Å². The van der Waals surface area contributed by atoms with E-state index in [0.29, 0.717) is 0 Å². The van der Waals surface area contributed by atoms with Crippen molar-refractivity contribution in [2.75, 3.05) is 7.11 Å². The summed E-state index contributed by atoms with van der Waals surface area (Å²) in [7, 11) is 1.34. The van der Waals surface area contributed by atoms with Crippen LogP contribution in [0.5, 0.6) is 0 Å². The highest BCUT2D eigenvalue weighted by atomic mass is 16.5. The Labute approximate surface area is 54.8 Å². The lowest BCUT2D eigenvalue weighted by Gasteiger charge is -1.83. The van der Waals surface area contributed by atoms with Crippen LogP contribution in [0.1, 0.15) is 13.3 Å². The number of methoxy groups -OCH3 is 1. The molecule has 0 unspecified atom stereocenters. The van der Waals surface area contributed by atoms with E-state index in [-0.39, 0.29) is 5.97 Å². The van der Waals surface area contributed by atoms with Crippen LogP contribution in [0.3, 0.4) is 0 Å². The Morgan fingerprint density at radius 2 is 2.44 bits per heavy atom. The molecule has 2 nitrogen and oxygen atoms in total. The molecule has 0 saturated carbocycles. The fraction of sp³-hybridized carbons (Fsp3) is 0.429. The van der Waals surface area contributed by atoms with Crippen LogP contribution < -0.4 is 0 Å². The second-order valence-electron chi connectivity index (χ2n) is 1.45. The first-order valence-corrected chi connectivity index (χ1v) is 2.80. The van der Waals surface area contributed by atoms with E-state index in [1.165, 1.54) is 13.2 Å². The lowest BCUT2D eigenvalue weighted by atomic mass is 10.4. The molecule has 0 atom stereocenters. The molecular formula is C7H10O2. The van der Waals surface area contributed by atoms with Crippen molar-refractivity contribution < 1.29 is 9.53 Å². The molecule has 0 rings (SSSR count). The third kappa shape index (κ3) is 4.85. The zero-order valence-electron chi connectivity index (χ0n) is 5.68. The molecule has 0 aromatic rings. The summed E-state index contributed by atoms with van der Waals surface area (Å²) in [5.74, 6) is -0.361. The Morgan fingerprint density at radius 1 is 1.78 bits per heavy atom. The number of ether oxygens (including phenoxy) is 1. The molecule has 9 heavy (non-hydrogen) atoms. The quantitative estimate of drug-likeness (QED) is 0.316. The highest BCUT2D eigenvalue weighted by Gasteiger charge is 1.85. The van der Waals surface area contributed by atoms with Crippen LogP contribution in [0.25, 0.3) is 0 Å². The van der Waals surface area contributed by atoms with Crippen molar-refractivity contribution in [2.24, 2.45) is 0 Å².